The zero-order chi connectivity index (χ0) is 31.9. The van der Waals surface area contributed by atoms with E-state index < -0.39 is 32.5 Å². The Morgan fingerprint density at radius 2 is 1.21 bits per heavy atom. The molecule has 43 heavy (non-hydrogen) atoms. The molecule has 0 saturated heterocycles. The minimum Gasteiger partial charge on any atom is -0.462 e. The lowest BCUT2D eigenvalue weighted by molar-refractivity contribution is -0.161. The van der Waals surface area contributed by atoms with Gasteiger partial charge in [-0.3, -0.25) is 18.6 Å². The van der Waals surface area contributed by atoms with Gasteiger partial charge in [0.1, 0.15) is 6.61 Å². The number of rotatable bonds is 31. The average molecular weight is 632 g/mol. The number of ether oxygens (including phenoxy) is 2. The van der Waals surface area contributed by atoms with Crippen molar-refractivity contribution in [3.05, 3.63) is 24.3 Å². The Bertz CT molecular complexity index is 774. The Hall–Kier alpha value is -1.51. The number of hydrogen-bond acceptors (Lipinski definition) is 8. The highest BCUT2D eigenvalue weighted by Gasteiger charge is 2.25. The minimum absolute atomic E-state index is 0.0521. The van der Waals surface area contributed by atoms with Crippen LogP contribution in [0.1, 0.15) is 142 Å². The molecule has 0 fully saturated rings. The van der Waals surface area contributed by atoms with Crippen LogP contribution < -0.4 is 5.73 Å². The van der Waals surface area contributed by atoms with Crippen molar-refractivity contribution in [3.8, 4) is 0 Å². The molecule has 0 amide bonds. The van der Waals surface area contributed by atoms with Crippen LogP contribution in [-0.4, -0.2) is 49.3 Å². The van der Waals surface area contributed by atoms with Crippen LogP contribution in [0.3, 0.4) is 0 Å². The summed E-state index contributed by atoms with van der Waals surface area (Å²) in [6.45, 7) is 3.61. The average Bonchev–Trinajstić information content (AvgIpc) is 2.99. The van der Waals surface area contributed by atoms with E-state index in [4.69, 9.17) is 24.3 Å². The number of esters is 2. The summed E-state index contributed by atoms with van der Waals surface area (Å²) in [5, 5.41) is 0. The summed E-state index contributed by atoms with van der Waals surface area (Å²) in [6, 6.07) is 0. The molecule has 0 heterocycles. The highest BCUT2D eigenvalue weighted by atomic mass is 31.2. The maximum atomic E-state index is 12.4. The van der Waals surface area contributed by atoms with E-state index in [1.807, 2.05) is 0 Å². The van der Waals surface area contributed by atoms with E-state index in [0.717, 1.165) is 64.2 Å². The number of carbonyl (C=O) groups excluding carboxylic acids is 2. The van der Waals surface area contributed by atoms with E-state index >= 15 is 0 Å². The number of phosphoric ester groups is 1. The van der Waals surface area contributed by atoms with E-state index in [1.54, 1.807) is 0 Å². The van der Waals surface area contributed by atoms with Gasteiger partial charge < -0.3 is 20.1 Å². The second-order valence-electron chi connectivity index (χ2n) is 11.0. The third kappa shape index (κ3) is 30.3. The molecule has 0 spiro atoms. The number of carbonyl (C=O) groups is 2. The van der Waals surface area contributed by atoms with Crippen molar-refractivity contribution >= 4 is 19.8 Å². The van der Waals surface area contributed by atoms with E-state index in [-0.39, 0.29) is 32.6 Å². The fourth-order valence-corrected chi connectivity index (χ4v) is 5.07. The van der Waals surface area contributed by atoms with Crippen molar-refractivity contribution in [1.29, 1.82) is 0 Å². The van der Waals surface area contributed by atoms with Crippen LogP contribution in [0, 0.1) is 0 Å². The number of allylic oxidation sites excluding steroid dienone is 4. The molecule has 0 bridgehead atoms. The summed E-state index contributed by atoms with van der Waals surface area (Å²) >= 11 is 0. The Morgan fingerprint density at radius 1 is 0.698 bits per heavy atom. The molecule has 0 aliphatic heterocycles. The standard InChI is InChI=1S/C33H62NO8P/c1-3-5-7-9-11-12-13-14-15-16-17-18-20-21-23-25-32(35)39-29-31(30-41-43(37,38)40-28-27-34)42-33(36)26-24-22-19-10-8-6-4-2/h11-12,14-15,31H,3-10,13,16-30,34H2,1-2H3,(H,37,38)/b12-11+,15-14+/t31-/m0/s1. The second-order valence-corrected chi connectivity index (χ2v) is 12.5. The van der Waals surface area contributed by atoms with Gasteiger partial charge in [0.25, 0.3) is 0 Å². The summed E-state index contributed by atoms with van der Waals surface area (Å²) in [7, 11) is -4.36. The van der Waals surface area contributed by atoms with Crippen LogP contribution >= 0.6 is 7.82 Å². The highest BCUT2D eigenvalue weighted by molar-refractivity contribution is 7.47. The van der Waals surface area contributed by atoms with Gasteiger partial charge in [-0.05, 0) is 44.9 Å². The molecule has 2 atom stereocenters. The Balaban J connectivity index is 4.24. The number of hydrogen-bond donors (Lipinski definition) is 2. The van der Waals surface area contributed by atoms with Gasteiger partial charge in [0.05, 0.1) is 13.2 Å². The van der Waals surface area contributed by atoms with Crippen molar-refractivity contribution in [2.45, 2.75) is 148 Å². The molecule has 10 heteroatoms. The zero-order valence-electron chi connectivity index (χ0n) is 27.2. The van der Waals surface area contributed by atoms with Gasteiger partial charge in [-0.15, -0.1) is 0 Å². The SMILES string of the molecule is CCCCC/C=C/C/C=C/CCCCCCCC(=O)OC[C@@H](COP(=O)(O)OCCN)OC(=O)CCCCCCCCC. The van der Waals surface area contributed by atoms with E-state index in [1.165, 1.54) is 44.9 Å². The molecular weight excluding hydrogens is 569 g/mol. The first-order chi connectivity index (χ1) is 20.8. The monoisotopic (exact) mass is 631 g/mol. The third-order valence-corrected chi connectivity index (χ3v) is 7.82. The van der Waals surface area contributed by atoms with E-state index in [2.05, 4.69) is 38.2 Å². The molecule has 0 aromatic heterocycles. The first-order valence-electron chi connectivity index (χ1n) is 16.8. The van der Waals surface area contributed by atoms with Gasteiger partial charge in [0.15, 0.2) is 6.10 Å². The topological polar surface area (TPSA) is 134 Å². The highest BCUT2D eigenvalue weighted by Crippen LogP contribution is 2.43. The third-order valence-electron chi connectivity index (χ3n) is 6.84. The first kappa shape index (κ1) is 41.5. The van der Waals surface area contributed by atoms with Gasteiger partial charge in [-0.25, -0.2) is 4.57 Å². The lowest BCUT2D eigenvalue weighted by Gasteiger charge is -2.19. The van der Waals surface area contributed by atoms with Crippen LogP contribution in [0.15, 0.2) is 24.3 Å². The molecular formula is C33H62NO8P. The van der Waals surface area contributed by atoms with Crippen molar-refractivity contribution in [1.82, 2.24) is 0 Å². The van der Waals surface area contributed by atoms with Crippen molar-refractivity contribution in [2.24, 2.45) is 5.73 Å². The van der Waals surface area contributed by atoms with Crippen LogP contribution in [0.4, 0.5) is 0 Å². The smallest absolute Gasteiger partial charge is 0.462 e. The van der Waals surface area contributed by atoms with Crippen LogP contribution in [-0.2, 0) is 32.7 Å². The first-order valence-corrected chi connectivity index (χ1v) is 18.3. The maximum Gasteiger partial charge on any atom is 0.472 e. The molecule has 252 valence electrons. The van der Waals surface area contributed by atoms with Crippen molar-refractivity contribution < 1.29 is 37.6 Å². The lowest BCUT2D eigenvalue weighted by atomic mass is 10.1. The second kappa shape index (κ2) is 30.5. The van der Waals surface area contributed by atoms with Crippen molar-refractivity contribution in [2.75, 3.05) is 26.4 Å². The Labute approximate surface area is 261 Å². The molecule has 9 nitrogen and oxygen atoms in total. The molecule has 0 aromatic rings. The van der Waals surface area contributed by atoms with Gasteiger partial charge >= 0.3 is 19.8 Å². The normalized spacial score (nSPS) is 13.9. The molecule has 0 rings (SSSR count). The summed E-state index contributed by atoms with van der Waals surface area (Å²) in [4.78, 5) is 34.4. The molecule has 0 aromatic carbocycles. The van der Waals surface area contributed by atoms with Gasteiger partial charge in [0, 0.05) is 19.4 Å². The lowest BCUT2D eigenvalue weighted by Crippen LogP contribution is -2.29. The van der Waals surface area contributed by atoms with Crippen LogP contribution in [0.2, 0.25) is 0 Å². The number of phosphoric acid groups is 1. The summed E-state index contributed by atoms with van der Waals surface area (Å²) in [6.07, 6.45) is 28.0. The summed E-state index contributed by atoms with van der Waals surface area (Å²) < 4.78 is 32.4. The fraction of sp³-hybridized carbons (Fsp3) is 0.818. The Kier molecular flexibility index (Phi) is 29.4. The molecule has 0 aliphatic rings. The minimum atomic E-state index is -4.36. The number of nitrogens with two attached hydrogens (primary N) is 1. The predicted molar refractivity (Wildman–Crippen MR) is 174 cm³/mol. The fourth-order valence-electron chi connectivity index (χ4n) is 4.31. The number of unbranched alkanes of at least 4 members (excludes halogenated alkanes) is 14. The summed E-state index contributed by atoms with van der Waals surface area (Å²) in [5.74, 6) is -0.854. The van der Waals surface area contributed by atoms with Gasteiger partial charge in [0.2, 0.25) is 0 Å². The van der Waals surface area contributed by atoms with Crippen LogP contribution in [0.5, 0.6) is 0 Å². The maximum absolute atomic E-state index is 12.4. The van der Waals surface area contributed by atoms with Gasteiger partial charge in [-0.1, -0.05) is 109 Å². The van der Waals surface area contributed by atoms with Gasteiger partial charge in [-0.2, -0.15) is 0 Å². The Morgan fingerprint density at radius 3 is 1.81 bits per heavy atom. The molecule has 3 N–H and O–H groups in total. The quantitative estimate of drug-likeness (QED) is 0.0334. The van der Waals surface area contributed by atoms with Crippen molar-refractivity contribution in [3.63, 3.8) is 0 Å². The molecule has 0 saturated carbocycles. The molecule has 0 aliphatic carbocycles. The van der Waals surface area contributed by atoms with E-state index in [0.29, 0.717) is 6.42 Å². The van der Waals surface area contributed by atoms with E-state index in [9.17, 15) is 19.0 Å². The molecule has 1 unspecified atom stereocenters. The molecule has 0 radical (unpaired) electrons. The summed E-state index contributed by atoms with van der Waals surface area (Å²) in [5.41, 5.74) is 5.30. The zero-order valence-corrected chi connectivity index (χ0v) is 28.1. The van der Waals surface area contributed by atoms with Crippen LogP contribution in [0.25, 0.3) is 0 Å². The largest absolute Gasteiger partial charge is 0.472 e. The predicted octanol–water partition coefficient (Wildman–Crippen LogP) is 8.49.